The predicted molar refractivity (Wildman–Crippen MR) is 85.1 cm³/mol. The molecule has 1 heterocycles. The van der Waals surface area contributed by atoms with Crippen molar-refractivity contribution in [1.29, 1.82) is 0 Å². The number of methoxy groups -OCH3 is 1. The van der Waals surface area contributed by atoms with Gasteiger partial charge < -0.3 is 20.5 Å². The van der Waals surface area contributed by atoms with Gasteiger partial charge in [-0.15, -0.1) is 0 Å². The van der Waals surface area contributed by atoms with Crippen LogP contribution in [0.2, 0.25) is 0 Å². The van der Waals surface area contributed by atoms with Crippen molar-refractivity contribution < 1.29 is 9.84 Å². The fourth-order valence-corrected chi connectivity index (χ4v) is 3.12. The molecule has 3 N–H and O–H groups in total. The van der Waals surface area contributed by atoms with Gasteiger partial charge in [0.05, 0.1) is 5.60 Å². The van der Waals surface area contributed by atoms with E-state index in [9.17, 15) is 5.11 Å². The van der Waals surface area contributed by atoms with Crippen molar-refractivity contribution >= 4 is 0 Å². The van der Waals surface area contributed by atoms with E-state index in [1.165, 1.54) is 0 Å². The second-order valence-electron chi connectivity index (χ2n) is 6.39. The first-order valence-electron chi connectivity index (χ1n) is 7.77. The van der Waals surface area contributed by atoms with E-state index in [2.05, 4.69) is 11.8 Å². The molecule has 0 radical (unpaired) electrons. The lowest BCUT2D eigenvalue weighted by Crippen LogP contribution is -2.49. The lowest BCUT2D eigenvalue weighted by Gasteiger charge is -2.40. The second kappa shape index (κ2) is 6.88. The first-order valence-corrected chi connectivity index (χ1v) is 7.77. The van der Waals surface area contributed by atoms with Gasteiger partial charge in [0.15, 0.2) is 0 Å². The Balaban J connectivity index is 1.97. The monoisotopic (exact) mass is 292 g/mol. The van der Waals surface area contributed by atoms with Crippen LogP contribution in [0.4, 0.5) is 0 Å². The number of ether oxygens (including phenoxy) is 1. The van der Waals surface area contributed by atoms with E-state index in [0.717, 1.165) is 38.0 Å². The van der Waals surface area contributed by atoms with Gasteiger partial charge in [-0.1, -0.05) is 30.3 Å². The van der Waals surface area contributed by atoms with Gasteiger partial charge in [0.25, 0.3) is 0 Å². The molecule has 1 aliphatic rings. The predicted octanol–water partition coefficient (Wildman–Crippen LogP) is 1.72. The molecule has 0 bridgehead atoms. The third-order valence-electron chi connectivity index (χ3n) is 4.72. The molecular formula is C17H28N2O2. The Hall–Kier alpha value is -0.940. The lowest BCUT2D eigenvalue weighted by molar-refractivity contribution is -0.0577. The van der Waals surface area contributed by atoms with E-state index in [0.29, 0.717) is 6.42 Å². The summed E-state index contributed by atoms with van der Waals surface area (Å²) >= 11 is 0. The van der Waals surface area contributed by atoms with Crippen molar-refractivity contribution in [2.75, 3.05) is 33.3 Å². The van der Waals surface area contributed by atoms with E-state index >= 15 is 0 Å². The number of rotatable bonds is 6. The molecule has 1 aromatic carbocycles. The molecule has 4 nitrogen and oxygen atoms in total. The van der Waals surface area contributed by atoms with Gasteiger partial charge in [0.1, 0.15) is 5.60 Å². The number of aliphatic hydroxyl groups is 1. The molecule has 0 aliphatic carbocycles. The molecule has 1 aliphatic heterocycles. The number of piperidine rings is 1. The lowest BCUT2D eigenvalue weighted by atomic mass is 9.89. The fraction of sp³-hybridized carbons (Fsp3) is 0.647. The van der Waals surface area contributed by atoms with Crippen LogP contribution in [-0.4, -0.2) is 48.9 Å². The van der Waals surface area contributed by atoms with E-state index in [4.69, 9.17) is 10.5 Å². The number of nitrogens with two attached hydrogens (primary N) is 1. The Morgan fingerprint density at radius 1 is 1.38 bits per heavy atom. The molecule has 1 aromatic rings. The topological polar surface area (TPSA) is 58.7 Å². The summed E-state index contributed by atoms with van der Waals surface area (Å²) in [5.74, 6) is 0. The van der Waals surface area contributed by atoms with Gasteiger partial charge in [-0.05, 0) is 38.3 Å². The number of nitrogens with zero attached hydrogens (tertiary/aromatic N) is 1. The molecule has 1 fully saturated rings. The molecular weight excluding hydrogens is 264 g/mol. The Morgan fingerprint density at radius 3 is 2.71 bits per heavy atom. The van der Waals surface area contributed by atoms with Crippen LogP contribution >= 0.6 is 0 Å². The zero-order valence-corrected chi connectivity index (χ0v) is 13.2. The van der Waals surface area contributed by atoms with Crippen LogP contribution in [0.15, 0.2) is 30.3 Å². The van der Waals surface area contributed by atoms with Crippen molar-refractivity contribution in [2.45, 2.75) is 37.4 Å². The quantitative estimate of drug-likeness (QED) is 0.838. The van der Waals surface area contributed by atoms with Crippen LogP contribution in [0.5, 0.6) is 0 Å². The smallest absolute Gasteiger partial charge is 0.103 e. The molecule has 0 spiro atoms. The van der Waals surface area contributed by atoms with Gasteiger partial charge >= 0.3 is 0 Å². The highest BCUT2D eigenvalue weighted by Gasteiger charge is 2.33. The molecule has 4 heteroatoms. The van der Waals surface area contributed by atoms with Gasteiger partial charge in [0, 0.05) is 26.7 Å². The maximum absolute atomic E-state index is 10.8. The van der Waals surface area contributed by atoms with Crippen molar-refractivity contribution in [3.8, 4) is 0 Å². The maximum atomic E-state index is 10.8. The molecule has 0 aromatic heterocycles. The van der Waals surface area contributed by atoms with Crippen LogP contribution in [0, 0.1) is 0 Å². The standard InChI is InChI=1S/C17H28N2O2/c1-16(21-2)9-6-11-19(14-16)12-10-17(20,13-18)15-7-4-3-5-8-15/h3-5,7-8,20H,6,9-14,18H2,1-2H3. The Bertz CT molecular complexity index is 440. The summed E-state index contributed by atoms with van der Waals surface area (Å²) < 4.78 is 5.62. The van der Waals surface area contributed by atoms with Gasteiger partial charge in [-0.2, -0.15) is 0 Å². The van der Waals surface area contributed by atoms with Crippen molar-refractivity contribution in [2.24, 2.45) is 5.73 Å². The summed E-state index contributed by atoms with van der Waals surface area (Å²) in [4.78, 5) is 2.37. The van der Waals surface area contributed by atoms with Crippen molar-refractivity contribution in [3.05, 3.63) is 35.9 Å². The molecule has 21 heavy (non-hydrogen) atoms. The van der Waals surface area contributed by atoms with E-state index in [1.807, 2.05) is 30.3 Å². The van der Waals surface area contributed by atoms with Crippen LogP contribution in [-0.2, 0) is 10.3 Å². The summed E-state index contributed by atoms with van der Waals surface area (Å²) in [6.07, 6.45) is 2.88. The summed E-state index contributed by atoms with van der Waals surface area (Å²) in [6.45, 7) is 5.22. The molecule has 2 atom stereocenters. The van der Waals surface area contributed by atoms with Gasteiger partial charge in [0.2, 0.25) is 0 Å². The zero-order valence-electron chi connectivity index (χ0n) is 13.2. The van der Waals surface area contributed by atoms with Crippen LogP contribution in [0.1, 0.15) is 31.7 Å². The SMILES string of the molecule is COC1(C)CCCN(CCC(O)(CN)c2ccccc2)C1. The minimum absolute atomic E-state index is 0.0637. The molecule has 2 rings (SSSR count). The van der Waals surface area contributed by atoms with Gasteiger partial charge in [-0.25, -0.2) is 0 Å². The number of hydrogen-bond acceptors (Lipinski definition) is 4. The number of likely N-dealkylation sites (tertiary alicyclic amines) is 1. The summed E-state index contributed by atoms with van der Waals surface area (Å²) in [5, 5.41) is 10.8. The van der Waals surface area contributed by atoms with Crippen molar-refractivity contribution in [3.63, 3.8) is 0 Å². The van der Waals surface area contributed by atoms with Crippen LogP contribution < -0.4 is 5.73 Å². The average molecular weight is 292 g/mol. The number of hydrogen-bond donors (Lipinski definition) is 2. The number of benzene rings is 1. The first-order chi connectivity index (χ1) is 10.0. The summed E-state index contributed by atoms with van der Waals surface area (Å²) in [5.41, 5.74) is 5.74. The van der Waals surface area contributed by atoms with E-state index in [-0.39, 0.29) is 12.1 Å². The van der Waals surface area contributed by atoms with Crippen molar-refractivity contribution in [1.82, 2.24) is 4.90 Å². The molecule has 2 unspecified atom stereocenters. The summed E-state index contributed by atoms with van der Waals surface area (Å²) in [6, 6.07) is 9.73. The third-order valence-corrected chi connectivity index (χ3v) is 4.72. The molecule has 0 saturated carbocycles. The Labute approximate surface area is 127 Å². The maximum Gasteiger partial charge on any atom is 0.103 e. The minimum atomic E-state index is -0.942. The molecule has 0 amide bonds. The Kier molecular flexibility index (Phi) is 5.38. The largest absolute Gasteiger partial charge is 0.384 e. The second-order valence-corrected chi connectivity index (χ2v) is 6.39. The highest BCUT2D eigenvalue weighted by atomic mass is 16.5. The third kappa shape index (κ3) is 4.04. The molecule has 118 valence electrons. The minimum Gasteiger partial charge on any atom is -0.384 e. The highest BCUT2D eigenvalue weighted by Crippen LogP contribution is 2.27. The highest BCUT2D eigenvalue weighted by molar-refractivity contribution is 5.22. The van der Waals surface area contributed by atoms with Gasteiger partial charge in [-0.3, -0.25) is 0 Å². The van der Waals surface area contributed by atoms with E-state index < -0.39 is 5.60 Å². The normalized spacial score (nSPS) is 26.5. The Morgan fingerprint density at radius 2 is 2.10 bits per heavy atom. The first kappa shape index (κ1) is 16.4. The fourth-order valence-electron chi connectivity index (χ4n) is 3.12. The van der Waals surface area contributed by atoms with E-state index in [1.54, 1.807) is 7.11 Å². The van der Waals surface area contributed by atoms with Crippen LogP contribution in [0.3, 0.4) is 0 Å². The summed E-state index contributed by atoms with van der Waals surface area (Å²) in [7, 11) is 1.78. The van der Waals surface area contributed by atoms with Crippen LogP contribution in [0.25, 0.3) is 0 Å². The molecule has 1 saturated heterocycles. The average Bonchev–Trinajstić information content (AvgIpc) is 2.53. The zero-order chi connectivity index (χ0) is 15.3.